The van der Waals surface area contributed by atoms with Crippen LogP contribution in [0.5, 0.6) is 0 Å². The molecule has 2 aromatic rings. The van der Waals surface area contributed by atoms with Crippen LogP contribution in [0.1, 0.15) is 30.4 Å². The van der Waals surface area contributed by atoms with Gasteiger partial charge in [0.15, 0.2) is 0 Å². The Labute approximate surface area is 131 Å². The molecule has 2 N–H and O–H groups in total. The van der Waals surface area contributed by atoms with E-state index in [9.17, 15) is 4.79 Å². The highest BCUT2D eigenvalue weighted by Gasteiger charge is 2.14. The lowest BCUT2D eigenvalue weighted by Gasteiger charge is -2.19. The van der Waals surface area contributed by atoms with Crippen molar-refractivity contribution in [2.45, 2.75) is 32.1 Å². The Balaban J connectivity index is 1.54. The first-order valence-corrected chi connectivity index (χ1v) is 8.02. The molecule has 0 aromatic heterocycles. The van der Waals surface area contributed by atoms with Crippen molar-refractivity contribution >= 4 is 17.3 Å². The molecule has 0 saturated carbocycles. The van der Waals surface area contributed by atoms with Crippen LogP contribution in [0.2, 0.25) is 0 Å². The van der Waals surface area contributed by atoms with E-state index in [1.165, 1.54) is 24.0 Å². The number of rotatable bonds is 5. The summed E-state index contributed by atoms with van der Waals surface area (Å²) in [6.45, 7) is 0.644. The zero-order valence-corrected chi connectivity index (χ0v) is 12.8. The normalized spacial score (nSPS) is 13.3. The molecule has 0 fully saturated rings. The molecule has 2 aromatic carbocycles. The number of hydrogen-bond donors (Lipinski definition) is 2. The van der Waals surface area contributed by atoms with Crippen LogP contribution in [0.4, 0.5) is 11.4 Å². The Morgan fingerprint density at radius 3 is 2.64 bits per heavy atom. The van der Waals surface area contributed by atoms with Gasteiger partial charge < -0.3 is 10.6 Å². The molecular formula is C19H22N2O. The fraction of sp³-hybridized carbons (Fsp3) is 0.316. The molecule has 22 heavy (non-hydrogen) atoms. The average Bonchev–Trinajstić information content (AvgIpc) is 2.56. The minimum Gasteiger partial charge on any atom is -0.385 e. The summed E-state index contributed by atoms with van der Waals surface area (Å²) in [6, 6.07) is 16.2. The first-order chi connectivity index (χ1) is 10.8. The van der Waals surface area contributed by atoms with Gasteiger partial charge >= 0.3 is 0 Å². The molecule has 0 unspecified atom stereocenters. The molecule has 0 saturated heterocycles. The van der Waals surface area contributed by atoms with Crippen molar-refractivity contribution < 1.29 is 4.79 Å². The Hall–Kier alpha value is -2.29. The van der Waals surface area contributed by atoms with Crippen molar-refractivity contribution in [3.05, 3.63) is 59.7 Å². The van der Waals surface area contributed by atoms with E-state index in [1.807, 2.05) is 42.5 Å². The predicted molar refractivity (Wildman–Crippen MR) is 91.3 cm³/mol. The van der Waals surface area contributed by atoms with E-state index in [2.05, 4.69) is 16.7 Å². The number of carbonyl (C=O) groups excluding carboxylic acids is 1. The van der Waals surface area contributed by atoms with E-state index in [-0.39, 0.29) is 5.91 Å². The van der Waals surface area contributed by atoms with Crippen LogP contribution in [0.25, 0.3) is 0 Å². The Kier molecular flexibility index (Phi) is 4.74. The minimum absolute atomic E-state index is 0.0717. The molecule has 1 aliphatic rings. The average molecular weight is 294 g/mol. The number of aryl methyl sites for hydroxylation is 1. The van der Waals surface area contributed by atoms with Crippen LogP contribution in [-0.2, 0) is 17.6 Å². The lowest BCUT2D eigenvalue weighted by molar-refractivity contribution is -0.115. The lowest BCUT2D eigenvalue weighted by Crippen LogP contribution is -2.18. The van der Waals surface area contributed by atoms with Crippen LogP contribution in [0.3, 0.4) is 0 Å². The Morgan fingerprint density at radius 1 is 0.955 bits per heavy atom. The molecule has 1 amide bonds. The fourth-order valence-corrected chi connectivity index (χ4v) is 2.99. The maximum Gasteiger partial charge on any atom is 0.226 e. The van der Waals surface area contributed by atoms with E-state index < -0.39 is 0 Å². The summed E-state index contributed by atoms with van der Waals surface area (Å²) >= 11 is 0. The summed E-state index contributed by atoms with van der Waals surface area (Å²) < 4.78 is 0. The van der Waals surface area contributed by atoms with E-state index in [1.54, 1.807) is 0 Å². The number of fused-ring (bicyclic) bond motifs is 1. The molecule has 114 valence electrons. The Morgan fingerprint density at radius 2 is 1.77 bits per heavy atom. The van der Waals surface area contributed by atoms with Gasteiger partial charge in [-0.3, -0.25) is 4.79 Å². The van der Waals surface area contributed by atoms with Gasteiger partial charge in [-0.2, -0.15) is 0 Å². The highest BCUT2D eigenvalue weighted by atomic mass is 16.1. The molecule has 3 nitrogen and oxygen atoms in total. The first-order valence-electron chi connectivity index (χ1n) is 8.02. The standard InChI is InChI=1S/C19H22N2O/c22-19(13-14-20-16-9-2-1-3-10-16)21-18-12-6-8-15-7-4-5-11-17(15)18/h1-3,6,8-10,12,20H,4-5,7,11,13-14H2,(H,21,22). The van der Waals surface area contributed by atoms with Gasteiger partial charge in [0.2, 0.25) is 5.91 Å². The van der Waals surface area contributed by atoms with Gasteiger partial charge in [0, 0.05) is 24.3 Å². The number of amides is 1. The number of carbonyl (C=O) groups is 1. The van der Waals surface area contributed by atoms with Crippen molar-refractivity contribution in [1.29, 1.82) is 0 Å². The van der Waals surface area contributed by atoms with Crippen LogP contribution < -0.4 is 10.6 Å². The minimum atomic E-state index is 0.0717. The third-order valence-electron chi connectivity index (χ3n) is 4.12. The second kappa shape index (κ2) is 7.12. The largest absolute Gasteiger partial charge is 0.385 e. The van der Waals surface area contributed by atoms with Crippen LogP contribution in [-0.4, -0.2) is 12.5 Å². The van der Waals surface area contributed by atoms with Crippen LogP contribution >= 0.6 is 0 Å². The van der Waals surface area contributed by atoms with Gasteiger partial charge in [0.25, 0.3) is 0 Å². The summed E-state index contributed by atoms with van der Waals surface area (Å²) in [4.78, 5) is 12.1. The summed E-state index contributed by atoms with van der Waals surface area (Å²) in [7, 11) is 0. The quantitative estimate of drug-likeness (QED) is 0.875. The van der Waals surface area contributed by atoms with E-state index >= 15 is 0 Å². The maximum absolute atomic E-state index is 12.1. The van der Waals surface area contributed by atoms with Crippen molar-refractivity contribution in [2.24, 2.45) is 0 Å². The predicted octanol–water partition coefficient (Wildman–Crippen LogP) is 4.01. The molecule has 0 spiro atoms. The number of anilines is 2. The van der Waals surface area contributed by atoms with Gasteiger partial charge in [-0.15, -0.1) is 0 Å². The monoisotopic (exact) mass is 294 g/mol. The molecule has 0 radical (unpaired) electrons. The lowest BCUT2D eigenvalue weighted by atomic mass is 9.90. The molecule has 0 bridgehead atoms. The van der Waals surface area contributed by atoms with Crippen molar-refractivity contribution in [1.82, 2.24) is 0 Å². The van der Waals surface area contributed by atoms with Crippen molar-refractivity contribution in [3.8, 4) is 0 Å². The zero-order valence-electron chi connectivity index (χ0n) is 12.8. The number of nitrogens with one attached hydrogen (secondary N) is 2. The van der Waals surface area contributed by atoms with Gasteiger partial charge in [-0.25, -0.2) is 0 Å². The first kappa shape index (κ1) is 14.6. The number of hydrogen-bond acceptors (Lipinski definition) is 2. The molecule has 1 aliphatic carbocycles. The Bertz CT molecular complexity index is 637. The topological polar surface area (TPSA) is 41.1 Å². The zero-order chi connectivity index (χ0) is 15.2. The van der Waals surface area contributed by atoms with E-state index in [0.717, 1.165) is 24.2 Å². The molecule has 3 rings (SSSR count). The SMILES string of the molecule is O=C(CCNc1ccccc1)Nc1cccc2c1CCCC2. The van der Waals surface area contributed by atoms with Crippen LogP contribution in [0, 0.1) is 0 Å². The highest BCUT2D eigenvalue weighted by molar-refractivity contribution is 5.92. The highest BCUT2D eigenvalue weighted by Crippen LogP contribution is 2.27. The summed E-state index contributed by atoms with van der Waals surface area (Å²) in [5.41, 5.74) is 4.78. The third-order valence-corrected chi connectivity index (χ3v) is 4.12. The van der Waals surface area contributed by atoms with Crippen molar-refractivity contribution in [3.63, 3.8) is 0 Å². The molecular weight excluding hydrogens is 272 g/mol. The summed E-state index contributed by atoms with van der Waals surface area (Å²) in [5.74, 6) is 0.0717. The van der Waals surface area contributed by atoms with Gasteiger partial charge in [0.1, 0.15) is 0 Å². The summed E-state index contributed by atoms with van der Waals surface area (Å²) in [6.07, 6.45) is 5.15. The van der Waals surface area contributed by atoms with E-state index in [0.29, 0.717) is 13.0 Å². The summed E-state index contributed by atoms with van der Waals surface area (Å²) in [5, 5.41) is 6.34. The third kappa shape index (κ3) is 3.67. The maximum atomic E-state index is 12.1. The second-order valence-corrected chi connectivity index (χ2v) is 5.74. The molecule has 0 aliphatic heterocycles. The van der Waals surface area contributed by atoms with Crippen molar-refractivity contribution in [2.75, 3.05) is 17.2 Å². The van der Waals surface area contributed by atoms with Crippen LogP contribution in [0.15, 0.2) is 48.5 Å². The van der Waals surface area contributed by atoms with Gasteiger partial charge in [-0.05, 0) is 55.0 Å². The number of benzene rings is 2. The molecule has 0 heterocycles. The molecule has 0 atom stereocenters. The smallest absolute Gasteiger partial charge is 0.226 e. The number of para-hydroxylation sites is 1. The fourth-order valence-electron chi connectivity index (χ4n) is 2.99. The second-order valence-electron chi connectivity index (χ2n) is 5.74. The molecule has 3 heteroatoms. The van der Waals surface area contributed by atoms with E-state index in [4.69, 9.17) is 0 Å². The van der Waals surface area contributed by atoms with Gasteiger partial charge in [-0.1, -0.05) is 30.3 Å². The van der Waals surface area contributed by atoms with Gasteiger partial charge in [0.05, 0.1) is 0 Å².